The zero-order valence-corrected chi connectivity index (χ0v) is 24.4. The molecule has 14 heteroatoms. The highest BCUT2D eigenvalue weighted by atomic mass is 35.5. The number of imidazole rings is 1. The van der Waals surface area contributed by atoms with Crippen molar-refractivity contribution >= 4 is 64.0 Å². The molecule has 3 aromatic rings. The summed E-state index contributed by atoms with van der Waals surface area (Å²) in [5, 5.41) is 6.68. The van der Waals surface area contributed by atoms with Crippen molar-refractivity contribution in [1.82, 2.24) is 24.4 Å². The van der Waals surface area contributed by atoms with Crippen molar-refractivity contribution < 1.29 is 18.7 Å². The molecular formula is C27H33Cl2FN8O3. The Hall–Kier alpha value is -3.38. The zero-order chi connectivity index (χ0) is 29.3. The molecule has 1 aliphatic carbocycles. The molecule has 4 N–H and O–H groups in total. The number of hydrogen-bond acceptors (Lipinski definition) is 8. The number of amides is 2. The number of halogens is 3. The molecule has 1 saturated carbocycles. The highest BCUT2D eigenvalue weighted by Gasteiger charge is 2.30. The highest BCUT2D eigenvalue weighted by molar-refractivity contribution is 6.36. The Labute approximate surface area is 246 Å². The average molecular weight is 608 g/mol. The van der Waals surface area contributed by atoms with Gasteiger partial charge in [-0.2, -0.15) is 4.98 Å². The molecular weight excluding hydrogens is 574 g/mol. The monoisotopic (exact) mass is 606 g/mol. The van der Waals surface area contributed by atoms with Gasteiger partial charge in [0.05, 0.1) is 23.0 Å². The molecule has 11 nitrogen and oxygen atoms in total. The van der Waals surface area contributed by atoms with Gasteiger partial charge in [-0.15, -0.1) is 0 Å². The molecule has 5 rings (SSSR count). The summed E-state index contributed by atoms with van der Waals surface area (Å²) in [4.78, 5) is 39.9. The molecule has 2 amide bonds. The van der Waals surface area contributed by atoms with Crippen molar-refractivity contribution in [3.63, 3.8) is 0 Å². The maximum absolute atomic E-state index is 14.9. The number of carbonyl (C=O) groups excluding carboxylic acids is 2. The van der Waals surface area contributed by atoms with Gasteiger partial charge in [0.15, 0.2) is 5.65 Å². The summed E-state index contributed by atoms with van der Waals surface area (Å²) >= 11 is 12.3. The van der Waals surface area contributed by atoms with Gasteiger partial charge in [-0.05, 0) is 64.5 Å². The first-order valence-electron chi connectivity index (χ1n) is 13.8. The summed E-state index contributed by atoms with van der Waals surface area (Å²) in [7, 11) is 0. The van der Waals surface area contributed by atoms with E-state index in [1.807, 2.05) is 18.4 Å². The SMILES string of the molecule is CC(C)OC(=O)N1CCC[C@@H](Nc2ncc3nc(Nc4c(F)cc(Cl)cc4Cl)n([C@H]4CC[C@H](C(N)=O)CC4)c3n2)C1. The summed E-state index contributed by atoms with van der Waals surface area (Å²) in [5.74, 6) is -0.387. The van der Waals surface area contributed by atoms with Crippen LogP contribution >= 0.6 is 23.2 Å². The number of primary amides is 1. The molecule has 1 atom stereocenters. The van der Waals surface area contributed by atoms with Gasteiger partial charge in [0.2, 0.25) is 17.8 Å². The van der Waals surface area contributed by atoms with E-state index in [-0.39, 0.29) is 51.8 Å². The van der Waals surface area contributed by atoms with Crippen LogP contribution in [0.5, 0.6) is 0 Å². The van der Waals surface area contributed by atoms with Crippen LogP contribution in [0, 0.1) is 11.7 Å². The van der Waals surface area contributed by atoms with Crippen LogP contribution in [0.3, 0.4) is 0 Å². The number of hydrogen-bond donors (Lipinski definition) is 3. The third-order valence-corrected chi connectivity index (χ3v) is 8.01. The molecule has 1 aromatic carbocycles. The van der Waals surface area contributed by atoms with Crippen LogP contribution in [0.2, 0.25) is 10.0 Å². The maximum Gasteiger partial charge on any atom is 0.410 e. The van der Waals surface area contributed by atoms with Gasteiger partial charge in [0, 0.05) is 36.1 Å². The van der Waals surface area contributed by atoms with E-state index in [1.54, 1.807) is 11.1 Å². The number of carbonyl (C=O) groups is 2. The fraction of sp³-hybridized carbons (Fsp3) is 0.519. The molecule has 2 aromatic heterocycles. The molecule has 0 spiro atoms. The fourth-order valence-corrected chi connectivity index (χ4v) is 6.02. The number of piperidine rings is 1. The minimum Gasteiger partial charge on any atom is -0.447 e. The summed E-state index contributed by atoms with van der Waals surface area (Å²) in [6.07, 6.45) is 5.29. The smallest absolute Gasteiger partial charge is 0.410 e. The number of benzene rings is 1. The van der Waals surface area contributed by atoms with Crippen LogP contribution in [0.15, 0.2) is 18.3 Å². The van der Waals surface area contributed by atoms with E-state index in [1.165, 1.54) is 12.1 Å². The van der Waals surface area contributed by atoms with Crippen molar-refractivity contribution in [2.45, 2.75) is 70.6 Å². The van der Waals surface area contributed by atoms with Crippen LogP contribution < -0.4 is 16.4 Å². The molecule has 1 aliphatic heterocycles. The lowest BCUT2D eigenvalue weighted by Crippen LogP contribution is -2.46. The molecule has 41 heavy (non-hydrogen) atoms. The van der Waals surface area contributed by atoms with E-state index in [2.05, 4.69) is 20.6 Å². The van der Waals surface area contributed by atoms with Gasteiger partial charge < -0.3 is 26.0 Å². The summed E-state index contributed by atoms with van der Waals surface area (Å²) in [6.45, 7) is 4.73. The maximum atomic E-state index is 14.9. The summed E-state index contributed by atoms with van der Waals surface area (Å²) in [6, 6.07) is 2.48. The van der Waals surface area contributed by atoms with Gasteiger partial charge in [-0.1, -0.05) is 23.2 Å². The number of aromatic nitrogens is 4. The van der Waals surface area contributed by atoms with Gasteiger partial charge in [0.25, 0.3) is 0 Å². The molecule has 0 unspecified atom stereocenters. The minimum atomic E-state index is -0.621. The standard InChI is InChI=1S/C27H33Cl2FN8O3/c1-14(2)41-27(40)37-9-3-4-17(13-37)33-25-32-12-21-24(36-25)38(18-7-5-15(6-8-18)23(31)39)26(34-21)35-22-19(29)10-16(28)11-20(22)30/h10-12,14-15,17-18H,3-9,13H2,1-2H3,(H2,31,39)(H,34,35)(H,32,33,36)/t15-,17-,18-/m1/s1. The predicted octanol–water partition coefficient (Wildman–Crippen LogP) is 5.65. The van der Waals surface area contributed by atoms with Crippen LogP contribution in [0.1, 0.15) is 58.4 Å². The Morgan fingerprint density at radius 1 is 1.15 bits per heavy atom. The number of nitrogens with one attached hydrogen (secondary N) is 2. The third kappa shape index (κ3) is 6.59. The van der Waals surface area contributed by atoms with Crippen LogP contribution in [0.4, 0.5) is 26.8 Å². The molecule has 0 bridgehead atoms. The van der Waals surface area contributed by atoms with E-state index >= 15 is 0 Å². The Morgan fingerprint density at radius 2 is 1.90 bits per heavy atom. The second kappa shape index (κ2) is 12.2. The van der Waals surface area contributed by atoms with Crippen molar-refractivity contribution in [3.05, 3.63) is 34.2 Å². The quantitative estimate of drug-likeness (QED) is 0.313. The van der Waals surface area contributed by atoms with Crippen molar-refractivity contribution in [2.75, 3.05) is 23.7 Å². The number of likely N-dealkylation sites (tertiary alicyclic amines) is 1. The molecule has 220 valence electrons. The first-order chi connectivity index (χ1) is 19.6. The first-order valence-corrected chi connectivity index (χ1v) is 14.5. The van der Waals surface area contributed by atoms with E-state index in [9.17, 15) is 14.0 Å². The number of nitrogens with zero attached hydrogens (tertiary/aromatic N) is 5. The minimum absolute atomic E-state index is 0.0420. The average Bonchev–Trinajstić information content (AvgIpc) is 3.27. The third-order valence-electron chi connectivity index (χ3n) is 7.49. The highest BCUT2D eigenvalue weighted by Crippen LogP contribution is 2.38. The topological polar surface area (TPSA) is 140 Å². The summed E-state index contributed by atoms with van der Waals surface area (Å²) < 4.78 is 22.1. The molecule has 1 saturated heterocycles. The van der Waals surface area contributed by atoms with Crippen LogP contribution in [-0.4, -0.2) is 61.7 Å². The second-order valence-electron chi connectivity index (χ2n) is 10.8. The lowest BCUT2D eigenvalue weighted by atomic mass is 9.85. The van der Waals surface area contributed by atoms with Gasteiger partial charge in [0.1, 0.15) is 11.3 Å². The molecule has 2 aliphatic rings. The Bertz CT molecular complexity index is 1420. The summed E-state index contributed by atoms with van der Waals surface area (Å²) in [5.41, 5.74) is 6.66. The van der Waals surface area contributed by atoms with Gasteiger partial charge in [-0.25, -0.2) is 19.2 Å². The van der Waals surface area contributed by atoms with E-state index in [0.29, 0.717) is 61.8 Å². The van der Waals surface area contributed by atoms with E-state index in [0.717, 1.165) is 12.8 Å². The van der Waals surface area contributed by atoms with Gasteiger partial charge >= 0.3 is 6.09 Å². The molecule has 3 heterocycles. The van der Waals surface area contributed by atoms with Crippen LogP contribution in [0.25, 0.3) is 11.2 Å². The number of fused-ring (bicyclic) bond motifs is 1. The Balaban J connectivity index is 1.45. The number of anilines is 3. The Kier molecular flexibility index (Phi) is 8.69. The molecule has 2 fully saturated rings. The van der Waals surface area contributed by atoms with Crippen molar-refractivity contribution in [3.8, 4) is 0 Å². The lowest BCUT2D eigenvalue weighted by Gasteiger charge is -2.33. The van der Waals surface area contributed by atoms with Crippen LogP contribution in [-0.2, 0) is 9.53 Å². The largest absolute Gasteiger partial charge is 0.447 e. The van der Waals surface area contributed by atoms with E-state index in [4.69, 9.17) is 38.7 Å². The normalized spacial score (nSPS) is 21.2. The van der Waals surface area contributed by atoms with E-state index < -0.39 is 5.82 Å². The second-order valence-corrected chi connectivity index (χ2v) is 11.7. The molecule has 0 radical (unpaired) electrons. The number of ether oxygens (including phenoxy) is 1. The van der Waals surface area contributed by atoms with Crippen molar-refractivity contribution in [2.24, 2.45) is 11.7 Å². The zero-order valence-electron chi connectivity index (χ0n) is 22.9. The first kappa shape index (κ1) is 29.1. The Morgan fingerprint density at radius 3 is 2.59 bits per heavy atom. The predicted molar refractivity (Wildman–Crippen MR) is 155 cm³/mol. The fourth-order valence-electron chi connectivity index (χ4n) is 5.51. The number of nitrogens with two attached hydrogens (primary N) is 1. The van der Waals surface area contributed by atoms with Gasteiger partial charge in [-0.3, -0.25) is 9.36 Å². The van der Waals surface area contributed by atoms with Crippen molar-refractivity contribution in [1.29, 1.82) is 0 Å². The lowest BCUT2D eigenvalue weighted by molar-refractivity contribution is -0.122. The number of rotatable bonds is 7.